The van der Waals surface area contributed by atoms with Gasteiger partial charge in [-0.05, 0) is 63.9 Å². The van der Waals surface area contributed by atoms with Crippen LogP contribution in [0.1, 0.15) is 54.4 Å². The smallest absolute Gasteiger partial charge is 0.257 e. The van der Waals surface area contributed by atoms with Gasteiger partial charge in [0.05, 0.1) is 13.2 Å². The van der Waals surface area contributed by atoms with Crippen molar-refractivity contribution in [1.29, 1.82) is 0 Å². The van der Waals surface area contributed by atoms with E-state index in [0.29, 0.717) is 55.1 Å². The average Bonchev–Trinajstić information content (AvgIpc) is 3.31. The lowest BCUT2D eigenvalue weighted by Gasteiger charge is -2.30. The van der Waals surface area contributed by atoms with Gasteiger partial charge in [-0.25, -0.2) is 0 Å². The van der Waals surface area contributed by atoms with Crippen LogP contribution in [0.5, 0.6) is 11.5 Å². The van der Waals surface area contributed by atoms with Gasteiger partial charge in [-0.15, -0.1) is 0 Å². The van der Waals surface area contributed by atoms with Gasteiger partial charge in [-0.2, -0.15) is 4.98 Å². The molecular formula is C25H29N3O4. The number of hydrogen-bond acceptors (Lipinski definition) is 6. The fraction of sp³-hybridized carbons (Fsp3) is 0.400. The summed E-state index contributed by atoms with van der Waals surface area (Å²) in [7, 11) is 0. The highest BCUT2D eigenvalue weighted by Gasteiger charge is 2.28. The molecule has 0 radical (unpaired) electrons. The lowest BCUT2D eigenvalue weighted by Crippen LogP contribution is -2.38. The van der Waals surface area contributed by atoms with E-state index in [2.05, 4.69) is 10.1 Å². The minimum absolute atomic E-state index is 0.000938. The first-order valence-electron chi connectivity index (χ1n) is 11.2. The van der Waals surface area contributed by atoms with Crippen molar-refractivity contribution >= 4 is 5.91 Å². The lowest BCUT2D eigenvalue weighted by atomic mass is 9.95. The zero-order valence-corrected chi connectivity index (χ0v) is 18.8. The molecule has 2 aromatic carbocycles. The van der Waals surface area contributed by atoms with Crippen molar-refractivity contribution < 1.29 is 18.8 Å². The summed E-state index contributed by atoms with van der Waals surface area (Å²) < 4.78 is 16.8. The predicted octanol–water partition coefficient (Wildman–Crippen LogP) is 4.86. The van der Waals surface area contributed by atoms with E-state index in [1.54, 1.807) is 18.2 Å². The fourth-order valence-electron chi connectivity index (χ4n) is 4.00. The van der Waals surface area contributed by atoms with Crippen molar-refractivity contribution in [2.24, 2.45) is 0 Å². The molecule has 168 valence electrons. The Hall–Kier alpha value is -3.35. The van der Waals surface area contributed by atoms with E-state index in [9.17, 15) is 4.79 Å². The standard InChI is InChI=1S/C25H29N3O4/c1-4-30-21-10-9-20(16-22(21)31-5-2)25(29)28-13-11-18(12-14-28)23-26-24(32-27-23)19-8-6-7-17(3)15-19/h6-10,15-16,18H,4-5,11-14H2,1-3H3. The molecule has 4 rings (SSSR count). The average molecular weight is 436 g/mol. The molecule has 0 spiro atoms. The first-order chi connectivity index (χ1) is 15.6. The molecule has 1 aromatic heterocycles. The van der Waals surface area contributed by atoms with Gasteiger partial charge in [0.25, 0.3) is 11.8 Å². The number of carbonyl (C=O) groups excluding carboxylic acids is 1. The van der Waals surface area contributed by atoms with Crippen molar-refractivity contribution in [3.8, 4) is 23.0 Å². The maximum Gasteiger partial charge on any atom is 0.257 e. The van der Waals surface area contributed by atoms with Gasteiger partial charge >= 0.3 is 0 Å². The number of aromatic nitrogens is 2. The van der Waals surface area contributed by atoms with Crippen LogP contribution in [-0.2, 0) is 0 Å². The molecule has 0 saturated carbocycles. The van der Waals surface area contributed by atoms with Crippen LogP contribution < -0.4 is 9.47 Å². The molecule has 0 bridgehead atoms. The highest BCUT2D eigenvalue weighted by Crippen LogP contribution is 2.31. The van der Waals surface area contributed by atoms with E-state index < -0.39 is 0 Å². The van der Waals surface area contributed by atoms with Crippen molar-refractivity contribution in [3.63, 3.8) is 0 Å². The number of piperidine rings is 1. The van der Waals surface area contributed by atoms with E-state index in [1.165, 1.54) is 0 Å². The first-order valence-corrected chi connectivity index (χ1v) is 11.2. The molecule has 1 aliphatic heterocycles. The number of benzene rings is 2. The van der Waals surface area contributed by atoms with Gasteiger partial charge in [0.15, 0.2) is 17.3 Å². The van der Waals surface area contributed by atoms with E-state index >= 15 is 0 Å². The summed E-state index contributed by atoms with van der Waals surface area (Å²) in [5.74, 6) is 2.70. The normalized spacial score (nSPS) is 14.4. The van der Waals surface area contributed by atoms with E-state index in [4.69, 9.17) is 14.0 Å². The number of aryl methyl sites for hydroxylation is 1. The zero-order valence-electron chi connectivity index (χ0n) is 18.8. The first kappa shape index (κ1) is 21.9. The summed E-state index contributed by atoms with van der Waals surface area (Å²) in [6.07, 6.45) is 1.60. The highest BCUT2D eigenvalue weighted by atomic mass is 16.5. The molecule has 7 heteroatoms. The Kier molecular flexibility index (Phi) is 6.73. The van der Waals surface area contributed by atoms with Crippen LogP contribution in [0, 0.1) is 6.92 Å². The molecule has 0 aliphatic carbocycles. The Morgan fingerprint density at radius 1 is 1.06 bits per heavy atom. The lowest BCUT2D eigenvalue weighted by molar-refractivity contribution is 0.0710. The molecular weight excluding hydrogens is 406 g/mol. The van der Waals surface area contributed by atoms with Crippen molar-refractivity contribution in [2.45, 2.75) is 39.5 Å². The molecule has 0 atom stereocenters. The number of amides is 1. The summed E-state index contributed by atoms with van der Waals surface area (Å²) in [5.41, 5.74) is 2.68. The minimum Gasteiger partial charge on any atom is -0.490 e. The second-order valence-electron chi connectivity index (χ2n) is 7.92. The van der Waals surface area contributed by atoms with E-state index in [-0.39, 0.29) is 11.8 Å². The Labute approximate surface area is 188 Å². The van der Waals surface area contributed by atoms with Gasteiger partial charge < -0.3 is 18.9 Å². The molecule has 3 aromatic rings. The minimum atomic E-state index is 0.000938. The van der Waals surface area contributed by atoms with Crippen LogP contribution in [0.3, 0.4) is 0 Å². The largest absolute Gasteiger partial charge is 0.490 e. The second-order valence-corrected chi connectivity index (χ2v) is 7.92. The van der Waals surface area contributed by atoms with Crippen molar-refractivity contribution in [3.05, 3.63) is 59.4 Å². The van der Waals surface area contributed by atoms with Gasteiger partial charge in [-0.3, -0.25) is 4.79 Å². The fourth-order valence-corrected chi connectivity index (χ4v) is 4.00. The van der Waals surface area contributed by atoms with E-state index in [0.717, 1.165) is 24.0 Å². The van der Waals surface area contributed by atoms with E-state index in [1.807, 2.05) is 49.9 Å². The van der Waals surface area contributed by atoms with Gasteiger partial charge in [-0.1, -0.05) is 22.9 Å². The monoisotopic (exact) mass is 435 g/mol. The third kappa shape index (κ3) is 4.77. The number of likely N-dealkylation sites (tertiary alicyclic amines) is 1. The highest BCUT2D eigenvalue weighted by molar-refractivity contribution is 5.95. The zero-order chi connectivity index (χ0) is 22.5. The quantitative estimate of drug-likeness (QED) is 0.527. The van der Waals surface area contributed by atoms with Gasteiger partial charge in [0.2, 0.25) is 0 Å². The Morgan fingerprint density at radius 2 is 1.81 bits per heavy atom. The third-order valence-corrected chi connectivity index (χ3v) is 5.64. The van der Waals surface area contributed by atoms with Crippen molar-refractivity contribution in [2.75, 3.05) is 26.3 Å². The molecule has 7 nitrogen and oxygen atoms in total. The molecule has 1 fully saturated rings. The second kappa shape index (κ2) is 9.85. The van der Waals surface area contributed by atoms with Crippen LogP contribution in [0.2, 0.25) is 0 Å². The SMILES string of the molecule is CCOc1ccc(C(=O)N2CCC(c3noc(-c4cccc(C)c4)n3)CC2)cc1OCC. The topological polar surface area (TPSA) is 77.7 Å². The molecule has 1 saturated heterocycles. The van der Waals surface area contributed by atoms with Crippen LogP contribution >= 0.6 is 0 Å². The summed E-state index contributed by atoms with van der Waals surface area (Å²) in [4.78, 5) is 19.6. The molecule has 1 amide bonds. The summed E-state index contributed by atoms with van der Waals surface area (Å²) in [5, 5.41) is 4.21. The van der Waals surface area contributed by atoms with Crippen LogP contribution in [0.15, 0.2) is 47.0 Å². The van der Waals surface area contributed by atoms with Gasteiger partial charge in [0.1, 0.15) is 0 Å². The number of ether oxygens (including phenoxy) is 2. The number of nitrogens with zero attached hydrogens (tertiary/aromatic N) is 3. The summed E-state index contributed by atoms with van der Waals surface area (Å²) in [6, 6.07) is 13.4. The Morgan fingerprint density at radius 3 is 2.53 bits per heavy atom. The summed E-state index contributed by atoms with van der Waals surface area (Å²) >= 11 is 0. The third-order valence-electron chi connectivity index (χ3n) is 5.64. The maximum atomic E-state index is 13.1. The Bertz CT molecular complexity index is 1070. The van der Waals surface area contributed by atoms with Crippen LogP contribution in [-0.4, -0.2) is 47.3 Å². The maximum absolute atomic E-state index is 13.1. The molecule has 1 aliphatic rings. The van der Waals surface area contributed by atoms with Gasteiger partial charge in [0, 0.05) is 30.1 Å². The molecule has 2 heterocycles. The number of carbonyl (C=O) groups is 1. The molecule has 0 N–H and O–H groups in total. The number of hydrogen-bond donors (Lipinski definition) is 0. The number of rotatable bonds is 7. The predicted molar refractivity (Wildman–Crippen MR) is 121 cm³/mol. The van der Waals surface area contributed by atoms with Crippen LogP contribution in [0.4, 0.5) is 0 Å². The molecule has 0 unspecified atom stereocenters. The van der Waals surface area contributed by atoms with Crippen LogP contribution in [0.25, 0.3) is 11.5 Å². The Balaban J connectivity index is 1.40. The van der Waals surface area contributed by atoms with Crippen molar-refractivity contribution in [1.82, 2.24) is 15.0 Å². The summed E-state index contributed by atoms with van der Waals surface area (Å²) in [6.45, 7) is 8.23. The molecule has 32 heavy (non-hydrogen) atoms.